The highest BCUT2D eigenvalue weighted by molar-refractivity contribution is 6.11. The molecular formula is C19H13NO. The monoisotopic (exact) mass is 271 g/mol. The molecule has 4 rings (SSSR count). The number of rotatable bonds is 1. The molecule has 0 bridgehead atoms. The quantitative estimate of drug-likeness (QED) is 0.513. The average molecular weight is 271 g/mol. The van der Waals surface area contributed by atoms with Crippen molar-refractivity contribution in [3.8, 4) is 11.1 Å². The van der Waals surface area contributed by atoms with Gasteiger partial charge in [-0.05, 0) is 34.7 Å². The summed E-state index contributed by atoms with van der Waals surface area (Å²) in [5.41, 5.74) is 3.25. The van der Waals surface area contributed by atoms with Crippen molar-refractivity contribution in [1.82, 2.24) is 4.98 Å². The molecule has 0 aliphatic rings. The summed E-state index contributed by atoms with van der Waals surface area (Å²) in [5, 5.41) is 2.79. The normalized spacial score (nSPS) is 11.0. The van der Waals surface area contributed by atoms with Crippen LogP contribution in [0.15, 0.2) is 77.7 Å². The number of aromatic amines is 1. The molecule has 0 unspecified atom stereocenters. The van der Waals surface area contributed by atoms with Crippen LogP contribution >= 0.6 is 0 Å². The average Bonchev–Trinajstić information content (AvgIpc) is 2.55. The molecule has 2 heteroatoms. The van der Waals surface area contributed by atoms with Gasteiger partial charge in [0, 0.05) is 11.6 Å². The fourth-order valence-corrected chi connectivity index (χ4v) is 2.89. The molecule has 1 aromatic heterocycles. The molecule has 0 aliphatic heterocycles. The van der Waals surface area contributed by atoms with Gasteiger partial charge in [-0.2, -0.15) is 0 Å². The van der Waals surface area contributed by atoms with Crippen molar-refractivity contribution in [2.45, 2.75) is 0 Å². The number of H-pyrrole nitrogens is 1. The second kappa shape index (κ2) is 4.60. The van der Waals surface area contributed by atoms with E-state index in [1.807, 2.05) is 42.6 Å². The van der Waals surface area contributed by atoms with Crippen LogP contribution in [0.3, 0.4) is 0 Å². The molecule has 0 radical (unpaired) electrons. The second-order valence-corrected chi connectivity index (χ2v) is 5.10. The maximum Gasteiger partial charge on any atom is 0.188 e. The zero-order valence-electron chi connectivity index (χ0n) is 11.3. The van der Waals surface area contributed by atoms with Crippen LogP contribution in [0.25, 0.3) is 32.8 Å². The van der Waals surface area contributed by atoms with Crippen LogP contribution in [0.2, 0.25) is 0 Å². The lowest BCUT2D eigenvalue weighted by Gasteiger charge is -2.10. The zero-order valence-corrected chi connectivity index (χ0v) is 11.3. The van der Waals surface area contributed by atoms with Gasteiger partial charge < -0.3 is 4.98 Å². The minimum absolute atomic E-state index is 0.0551. The summed E-state index contributed by atoms with van der Waals surface area (Å²) in [5.74, 6) is 0. The van der Waals surface area contributed by atoms with Gasteiger partial charge >= 0.3 is 0 Å². The van der Waals surface area contributed by atoms with Crippen molar-refractivity contribution >= 4 is 21.7 Å². The van der Waals surface area contributed by atoms with Crippen molar-refractivity contribution < 1.29 is 0 Å². The molecule has 0 aliphatic carbocycles. The molecule has 21 heavy (non-hydrogen) atoms. The number of hydrogen-bond acceptors (Lipinski definition) is 1. The maximum atomic E-state index is 12.2. The third-order valence-corrected chi connectivity index (χ3v) is 3.84. The van der Waals surface area contributed by atoms with E-state index in [-0.39, 0.29) is 5.43 Å². The van der Waals surface area contributed by atoms with E-state index in [0.717, 1.165) is 32.8 Å². The molecule has 0 atom stereocenters. The van der Waals surface area contributed by atoms with Crippen molar-refractivity contribution in [2.24, 2.45) is 0 Å². The minimum Gasteiger partial charge on any atom is -0.361 e. The SMILES string of the molecule is O=c1cccc2cc(-c3ccccc3)c3ccc[nH]c3c12. The molecule has 0 fully saturated rings. The second-order valence-electron chi connectivity index (χ2n) is 5.10. The summed E-state index contributed by atoms with van der Waals surface area (Å²) >= 11 is 0. The zero-order chi connectivity index (χ0) is 14.2. The highest BCUT2D eigenvalue weighted by atomic mass is 16.1. The van der Waals surface area contributed by atoms with E-state index in [1.54, 1.807) is 6.07 Å². The van der Waals surface area contributed by atoms with E-state index in [2.05, 4.69) is 29.2 Å². The largest absolute Gasteiger partial charge is 0.361 e. The first-order chi connectivity index (χ1) is 10.3. The number of benzene rings is 3. The van der Waals surface area contributed by atoms with Crippen molar-refractivity contribution in [3.05, 3.63) is 83.2 Å². The Bertz CT molecular complexity index is 1000. The Morgan fingerprint density at radius 2 is 1.67 bits per heavy atom. The number of pyridine rings is 1. The summed E-state index contributed by atoms with van der Waals surface area (Å²) in [6.45, 7) is 0. The number of fused-ring (bicyclic) bond motifs is 3. The fraction of sp³-hybridized carbons (Fsp3) is 0. The smallest absolute Gasteiger partial charge is 0.188 e. The lowest BCUT2D eigenvalue weighted by molar-refractivity contribution is 1.42. The minimum atomic E-state index is 0.0551. The summed E-state index contributed by atoms with van der Waals surface area (Å²) in [6, 6.07) is 21.8. The van der Waals surface area contributed by atoms with E-state index in [1.165, 1.54) is 0 Å². The van der Waals surface area contributed by atoms with Crippen molar-refractivity contribution in [3.63, 3.8) is 0 Å². The molecule has 1 N–H and O–H groups in total. The van der Waals surface area contributed by atoms with Crippen LogP contribution in [0.1, 0.15) is 0 Å². The molecule has 0 saturated carbocycles. The maximum absolute atomic E-state index is 12.2. The number of hydrogen-bond donors (Lipinski definition) is 1. The first kappa shape index (κ1) is 11.9. The Labute approximate surface area is 121 Å². The molecule has 4 aromatic rings. The van der Waals surface area contributed by atoms with Crippen LogP contribution in [0.4, 0.5) is 0 Å². The van der Waals surface area contributed by atoms with Gasteiger partial charge in [0.25, 0.3) is 0 Å². The molecule has 3 aromatic carbocycles. The van der Waals surface area contributed by atoms with Crippen molar-refractivity contribution in [2.75, 3.05) is 0 Å². The van der Waals surface area contributed by atoms with Gasteiger partial charge in [0.1, 0.15) is 0 Å². The Morgan fingerprint density at radius 3 is 2.52 bits per heavy atom. The summed E-state index contributed by atoms with van der Waals surface area (Å²) in [6.07, 6.45) is 1.86. The molecular weight excluding hydrogens is 258 g/mol. The third-order valence-electron chi connectivity index (χ3n) is 3.84. The van der Waals surface area contributed by atoms with E-state index < -0.39 is 0 Å². The van der Waals surface area contributed by atoms with Crippen LogP contribution < -0.4 is 5.43 Å². The lowest BCUT2D eigenvalue weighted by Crippen LogP contribution is -2.00. The van der Waals surface area contributed by atoms with E-state index in [0.29, 0.717) is 0 Å². The van der Waals surface area contributed by atoms with Gasteiger partial charge in [-0.15, -0.1) is 0 Å². The third kappa shape index (κ3) is 1.84. The van der Waals surface area contributed by atoms with Gasteiger partial charge in [0.2, 0.25) is 0 Å². The van der Waals surface area contributed by atoms with Crippen LogP contribution in [0.5, 0.6) is 0 Å². The Kier molecular flexibility index (Phi) is 2.61. The summed E-state index contributed by atoms with van der Waals surface area (Å²) < 4.78 is 0. The Morgan fingerprint density at radius 1 is 0.810 bits per heavy atom. The molecule has 1 heterocycles. The summed E-state index contributed by atoms with van der Waals surface area (Å²) in [7, 11) is 0. The van der Waals surface area contributed by atoms with E-state index in [4.69, 9.17) is 0 Å². The molecule has 0 amide bonds. The fourth-order valence-electron chi connectivity index (χ4n) is 2.89. The molecule has 0 saturated heterocycles. The van der Waals surface area contributed by atoms with Crippen LogP contribution in [-0.2, 0) is 0 Å². The van der Waals surface area contributed by atoms with E-state index in [9.17, 15) is 4.79 Å². The van der Waals surface area contributed by atoms with Gasteiger partial charge in [-0.1, -0.05) is 48.5 Å². The van der Waals surface area contributed by atoms with Gasteiger partial charge in [0.05, 0.1) is 10.9 Å². The van der Waals surface area contributed by atoms with Crippen LogP contribution in [-0.4, -0.2) is 4.98 Å². The molecule has 2 nitrogen and oxygen atoms in total. The topological polar surface area (TPSA) is 32.9 Å². The first-order valence-electron chi connectivity index (χ1n) is 6.93. The summed E-state index contributed by atoms with van der Waals surface area (Å²) in [4.78, 5) is 15.5. The van der Waals surface area contributed by atoms with Gasteiger partial charge in [0.15, 0.2) is 5.43 Å². The van der Waals surface area contributed by atoms with E-state index >= 15 is 0 Å². The predicted molar refractivity (Wildman–Crippen MR) is 87.5 cm³/mol. The van der Waals surface area contributed by atoms with Gasteiger partial charge in [-0.25, -0.2) is 0 Å². The molecule has 0 spiro atoms. The van der Waals surface area contributed by atoms with Crippen LogP contribution in [0, 0.1) is 0 Å². The number of nitrogens with one attached hydrogen (secondary N) is 1. The molecule has 100 valence electrons. The standard InChI is InChI=1S/C19H13NO/c21-17-10-4-8-14-12-16(13-6-2-1-3-7-13)15-9-5-11-20-19(15)18(14)17/h1-12,20H. The van der Waals surface area contributed by atoms with Crippen molar-refractivity contribution in [1.29, 1.82) is 0 Å². The highest BCUT2D eigenvalue weighted by Gasteiger charge is 2.10. The number of aromatic nitrogens is 1. The Hall–Kier alpha value is -2.87. The lowest BCUT2D eigenvalue weighted by atomic mass is 9.96. The Balaban J connectivity index is 2.24. The predicted octanol–water partition coefficient (Wildman–Crippen LogP) is 4.35. The van der Waals surface area contributed by atoms with Gasteiger partial charge in [-0.3, -0.25) is 4.79 Å². The highest BCUT2D eigenvalue weighted by Crippen LogP contribution is 2.32. The first-order valence-corrected chi connectivity index (χ1v) is 6.93.